The Morgan fingerprint density at radius 3 is 3.00 bits per heavy atom. The number of hydrogen-bond acceptors (Lipinski definition) is 2. The predicted molar refractivity (Wildman–Crippen MR) is 44.7 cm³/mol. The van der Waals surface area contributed by atoms with E-state index >= 15 is 0 Å². The molecule has 0 bridgehead atoms. The highest BCUT2D eigenvalue weighted by Gasteiger charge is 2.20. The molecule has 0 aromatic carbocycles. The van der Waals surface area contributed by atoms with Gasteiger partial charge in [0, 0.05) is 11.5 Å². The fourth-order valence-corrected chi connectivity index (χ4v) is 1.33. The van der Waals surface area contributed by atoms with E-state index in [-0.39, 0.29) is 0 Å². The Kier molecular flexibility index (Phi) is 1.96. The molecule has 1 aromatic heterocycles. The van der Waals surface area contributed by atoms with Gasteiger partial charge in [-0.3, -0.25) is 4.68 Å². The van der Waals surface area contributed by atoms with Crippen LogP contribution in [0.25, 0.3) is 0 Å². The van der Waals surface area contributed by atoms with Gasteiger partial charge in [-0.05, 0) is 6.07 Å². The van der Waals surface area contributed by atoms with Crippen LogP contribution < -0.4 is 0 Å². The third-order valence-electron chi connectivity index (χ3n) is 1.80. The minimum atomic E-state index is 0.475. The van der Waals surface area contributed by atoms with Crippen LogP contribution >= 0.6 is 15.9 Å². The molecule has 3 nitrogen and oxygen atoms in total. The summed E-state index contributed by atoms with van der Waals surface area (Å²) in [6, 6.07) is 2.50. The molecule has 60 valence electrons. The predicted octanol–water partition coefficient (Wildman–Crippen LogP) is 1.35. The smallest absolute Gasteiger partial charge is 0.0985 e. The first-order valence-corrected chi connectivity index (χ1v) is 4.70. The van der Waals surface area contributed by atoms with Crippen molar-refractivity contribution in [2.24, 2.45) is 0 Å². The molecule has 0 radical (unpaired) electrons. The van der Waals surface area contributed by atoms with E-state index in [0.29, 0.717) is 6.04 Å². The average Bonchev–Trinajstić information content (AvgIpc) is 2.32. The van der Waals surface area contributed by atoms with Crippen LogP contribution in [-0.2, 0) is 10.1 Å². The van der Waals surface area contributed by atoms with Crippen LogP contribution in [0.2, 0.25) is 0 Å². The lowest BCUT2D eigenvalue weighted by molar-refractivity contribution is -0.0287. The van der Waals surface area contributed by atoms with Crippen LogP contribution in [-0.4, -0.2) is 23.0 Å². The van der Waals surface area contributed by atoms with E-state index < -0.39 is 0 Å². The highest BCUT2D eigenvalue weighted by Crippen LogP contribution is 2.16. The zero-order chi connectivity index (χ0) is 7.68. The third kappa shape index (κ3) is 1.32. The van der Waals surface area contributed by atoms with Crippen LogP contribution in [0.4, 0.5) is 0 Å². The molecule has 2 heterocycles. The highest BCUT2D eigenvalue weighted by molar-refractivity contribution is 9.08. The Bertz CT molecular complexity index is 244. The van der Waals surface area contributed by atoms with E-state index in [1.807, 2.05) is 16.9 Å². The zero-order valence-electron chi connectivity index (χ0n) is 6.03. The highest BCUT2D eigenvalue weighted by atomic mass is 79.9. The average molecular weight is 217 g/mol. The van der Waals surface area contributed by atoms with Gasteiger partial charge in [0.05, 0.1) is 24.9 Å². The van der Waals surface area contributed by atoms with Crippen molar-refractivity contribution in [3.8, 4) is 0 Å². The molecule has 11 heavy (non-hydrogen) atoms. The monoisotopic (exact) mass is 216 g/mol. The molecule has 1 aromatic rings. The first kappa shape index (κ1) is 7.31. The molecule has 2 rings (SSSR count). The second-order valence-corrected chi connectivity index (χ2v) is 3.17. The summed E-state index contributed by atoms with van der Waals surface area (Å²) in [4.78, 5) is 0. The fourth-order valence-electron chi connectivity index (χ4n) is 1.03. The first-order valence-electron chi connectivity index (χ1n) is 3.58. The number of rotatable bonds is 2. The van der Waals surface area contributed by atoms with Crippen LogP contribution in [0, 0.1) is 0 Å². The van der Waals surface area contributed by atoms with Crippen molar-refractivity contribution in [1.82, 2.24) is 9.78 Å². The minimum Gasteiger partial charge on any atom is -0.377 e. The van der Waals surface area contributed by atoms with Crippen LogP contribution in [0.15, 0.2) is 12.3 Å². The summed E-state index contributed by atoms with van der Waals surface area (Å²) in [7, 11) is 0. The van der Waals surface area contributed by atoms with Gasteiger partial charge < -0.3 is 4.74 Å². The molecule has 0 N–H and O–H groups in total. The van der Waals surface area contributed by atoms with Gasteiger partial charge in [-0.2, -0.15) is 5.10 Å². The van der Waals surface area contributed by atoms with Gasteiger partial charge in [0.25, 0.3) is 0 Å². The first-order chi connectivity index (χ1) is 5.40. The standard InChI is InChI=1S/C7H9BrN2O/c8-3-6-1-2-10(9-6)7-4-11-5-7/h1-2,7H,3-5H2. The number of hydrogen-bond donors (Lipinski definition) is 0. The van der Waals surface area contributed by atoms with Gasteiger partial charge in [-0.25, -0.2) is 0 Å². The molecule has 0 spiro atoms. The maximum Gasteiger partial charge on any atom is 0.0985 e. The van der Waals surface area contributed by atoms with Crippen molar-refractivity contribution in [2.75, 3.05) is 13.2 Å². The van der Waals surface area contributed by atoms with Gasteiger partial charge in [-0.15, -0.1) is 0 Å². The molecule has 1 aliphatic rings. The van der Waals surface area contributed by atoms with Gasteiger partial charge in [0.2, 0.25) is 0 Å². The second-order valence-electron chi connectivity index (χ2n) is 2.61. The minimum absolute atomic E-state index is 0.475. The molecule has 0 atom stereocenters. The quantitative estimate of drug-likeness (QED) is 0.699. The molecule has 0 amide bonds. The summed E-state index contributed by atoms with van der Waals surface area (Å²) < 4.78 is 7.03. The Morgan fingerprint density at radius 2 is 2.55 bits per heavy atom. The van der Waals surface area contributed by atoms with Crippen molar-refractivity contribution < 1.29 is 4.74 Å². The van der Waals surface area contributed by atoms with Gasteiger partial charge in [-0.1, -0.05) is 15.9 Å². The van der Waals surface area contributed by atoms with Crippen molar-refractivity contribution in [1.29, 1.82) is 0 Å². The lowest BCUT2D eigenvalue weighted by Crippen LogP contribution is -2.30. The zero-order valence-corrected chi connectivity index (χ0v) is 7.62. The van der Waals surface area contributed by atoms with E-state index in [2.05, 4.69) is 21.0 Å². The third-order valence-corrected chi connectivity index (χ3v) is 2.37. The van der Waals surface area contributed by atoms with Crippen molar-refractivity contribution in [3.63, 3.8) is 0 Å². The van der Waals surface area contributed by atoms with Crippen LogP contribution in [0.5, 0.6) is 0 Å². The number of nitrogens with zero attached hydrogens (tertiary/aromatic N) is 2. The topological polar surface area (TPSA) is 27.1 Å². The Morgan fingerprint density at radius 1 is 1.73 bits per heavy atom. The SMILES string of the molecule is BrCc1ccn(C2COC2)n1. The maximum absolute atomic E-state index is 5.06. The van der Waals surface area contributed by atoms with Gasteiger partial charge in [0.1, 0.15) is 0 Å². The lowest BCUT2D eigenvalue weighted by Gasteiger charge is -2.25. The Hall–Kier alpha value is -0.350. The van der Waals surface area contributed by atoms with Crippen LogP contribution in [0.3, 0.4) is 0 Å². The molecule has 0 unspecified atom stereocenters. The summed E-state index contributed by atoms with van der Waals surface area (Å²) in [5, 5.41) is 5.17. The van der Waals surface area contributed by atoms with E-state index in [1.165, 1.54) is 0 Å². The summed E-state index contributed by atoms with van der Waals surface area (Å²) in [6.07, 6.45) is 2.00. The summed E-state index contributed by atoms with van der Waals surface area (Å²) in [6.45, 7) is 1.62. The van der Waals surface area contributed by atoms with Crippen LogP contribution in [0.1, 0.15) is 11.7 Å². The Labute approximate surface area is 73.5 Å². The Balaban J connectivity index is 2.11. The molecule has 4 heteroatoms. The van der Waals surface area contributed by atoms with Gasteiger partial charge >= 0.3 is 0 Å². The maximum atomic E-state index is 5.06. The lowest BCUT2D eigenvalue weighted by atomic mass is 10.3. The number of ether oxygens (including phenoxy) is 1. The molecule has 1 aliphatic heterocycles. The largest absolute Gasteiger partial charge is 0.377 e. The van der Waals surface area contributed by atoms with Crippen molar-refractivity contribution in [3.05, 3.63) is 18.0 Å². The molecule has 1 fully saturated rings. The van der Waals surface area contributed by atoms with E-state index in [0.717, 1.165) is 24.2 Å². The molecular formula is C7H9BrN2O. The van der Waals surface area contributed by atoms with Gasteiger partial charge in [0.15, 0.2) is 0 Å². The number of aromatic nitrogens is 2. The molecule has 1 saturated heterocycles. The van der Waals surface area contributed by atoms with Crippen molar-refractivity contribution >= 4 is 15.9 Å². The number of halogens is 1. The summed E-state index contributed by atoms with van der Waals surface area (Å²) in [5.74, 6) is 0. The fraction of sp³-hybridized carbons (Fsp3) is 0.571. The second kappa shape index (κ2) is 2.95. The summed E-state index contributed by atoms with van der Waals surface area (Å²) in [5.41, 5.74) is 1.08. The van der Waals surface area contributed by atoms with E-state index in [4.69, 9.17) is 4.74 Å². The molecule has 0 aliphatic carbocycles. The van der Waals surface area contributed by atoms with E-state index in [1.54, 1.807) is 0 Å². The normalized spacial score (nSPS) is 18.3. The summed E-state index contributed by atoms with van der Waals surface area (Å²) >= 11 is 3.35. The molecular weight excluding hydrogens is 208 g/mol. The van der Waals surface area contributed by atoms with Crippen molar-refractivity contribution in [2.45, 2.75) is 11.4 Å². The molecule has 0 saturated carbocycles. The number of alkyl halides is 1. The van der Waals surface area contributed by atoms with E-state index in [9.17, 15) is 0 Å².